The van der Waals surface area contributed by atoms with E-state index < -0.39 is 15.9 Å². The van der Waals surface area contributed by atoms with E-state index in [4.69, 9.17) is 0 Å². The maximum absolute atomic E-state index is 11.1. The van der Waals surface area contributed by atoms with E-state index in [9.17, 15) is 13.2 Å². The molecular formula is C6H10N4O3S. The number of hydrogen-bond acceptors (Lipinski definition) is 4. The van der Waals surface area contributed by atoms with E-state index in [0.29, 0.717) is 5.69 Å². The molecule has 0 atom stereocenters. The molecule has 7 nitrogen and oxygen atoms in total. The van der Waals surface area contributed by atoms with Gasteiger partial charge in [0.2, 0.25) is 15.9 Å². The number of aromatic amines is 1. The second-order valence-electron chi connectivity index (χ2n) is 2.63. The molecule has 1 aromatic heterocycles. The summed E-state index contributed by atoms with van der Waals surface area (Å²) in [5, 5.41) is 8.54. The third-order valence-corrected chi connectivity index (χ3v) is 1.95. The summed E-state index contributed by atoms with van der Waals surface area (Å²) in [6.45, 7) is -0.288. The molecule has 0 aromatic carbocycles. The van der Waals surface area contributed by atoms with E-state index in [1.54, 1.807) is 0 Å². The number of aromatic nitrogens is 2. The number of carbonyl (C=O) groups is 1. The molecule has 0 radical (unpaired) electrons. The third kappa shape index (κ3) is 4.01. The van der Waals surface area contributed by atoms with E-state index in [2.05, 4.69) is 20.2 Å². The van der Waals surface area contributed by atoms with Crippen LogP contribution >= 0.6 is 0 Å². The van der Waals surface area contributed by atoms with Gasteiger partial charge in [0.1, 0.15) is 0 Å². The van der Waals surface area contributed by atoms with Gasteiger partial charge >= 0.3 is 0 Å². The van der Waals surface area contributed by atoms with Gasteiger partial charge in [-0.05, 0) is 0 Å². The molecule has 0 bridgehead atoms. The first-order valence-electron chi connectivity index (χ1n) is 3.70. The Labute approximate surface area is 80.9 Å². The average Bonchev–Trinajstić information content (AvgIpc) is 2.52. The molecule has 0 aliphatic rings. The van der Waals surface area contributed by atoms with Crippen molar-refractivity contribution in [2.75, 3.05) is 18.1 Å². The quantitative estimate of drug-likeness (QED) is 0.596. The molecule has 14 heavy (non-hydrogen) atoms. The van der Waals surface area contributed by atoms with E-state index in [0.717, 1.165) is 6.26 Å². The predicted octanol–water partition coefficient (Wildman–Crippen LogP) is -1.10. The van der Waals surface area contributed by atoms with Gasteiger partial charge in [-0.15, -0.1) is 0 Å². The third-order valence-electron chi connectivity index (χ3n) is 1.28. The molecule has 1 aromatic rings. The Hall–Kier alpha value is -1.41. The molecule has 3 N–H and O–H groups in total. The van der Waals surface area contributed by atoms with Gasteiger partial charge in [-0.25, -0.2) is 13.1 Å². The molecule has 8 heteroatoms. The fraction of sp³-hybridized carbons (Fsp3) is 0.333. The van der Waals surface area contributed by atoms with Crippen molar-refractivity contribution < 1.29 is 13.2 Å². The van der Waals surface area contributed by atoms with Crippen LogP contribution in [-0.4, -0.2) is 37.3 Å². The summed E-state index contributed by atoms with van der Waals surface area (Å²) in [6.07, 6.45) is 3.88. The topological polar surface area (TPSA) is 104 Å². The molecule has 1 amide bonds. The maximum Gasteiger partial charge on any atom is 0.239 e. The molecular weight excluding hydrogens is 208 g/mol. The number of nitrogens with zero attached hydrogens (tertiary/aromatic N) is 1. The van der Waals surface area contributed by atoms with Gasteiger partial charge in [-0.3, -0.25) is 9.89 Å². The van der Waals surface area contributed by atoms with Crippen LogP contribution in [0.15, 0.2) is 12.4 Å². The Bertz CT molecular complexity index is 397. The molecule has 0 spiro atoms. The van der Waals surface area contributed by atoms with E-state index >= 15 is 0 Å². The number of amides is 1. The van der Waals surface area contributed by atoms with E-state index in [1.807, 2.05) is 0 Å². The molecule has 0 fully saturated rings. The van der Waals surface area contributed by atoms with Crippen LogP contribution in [0.2, 0.25) is 0 Å². The van der Waals surface area contributed by atoms with Gasteiger partial charge < -0.3 is 5.32 Å². The zero-order valence-electron chi connectivity index (χ0n) is 7.44. The van der Waals surface area contributed by atoms with Crippen LogP contribution < -0.4 is 10.0 Å². The zero-order valence-corrected chi connectivity index (χ0v) is 8.26. The first kappa shape index (κ1) is 10.7. The number of rotatable bonds is 4. The van der Waals surface area contributed by atoms with Gasteiger partial charge in [0.15, 0.2) is 0 Å². The summed E-state index contributed by atoms with van der Waals surface area (Å²) >= 11 is 0. The van der Waals surface area contributed by atoms with E-state index in [1.165, 1.54) is 12.4 Å². The molecule has 0 aliphatic carbocycles. The Kier molecular flexibility index (Phi) is 3.20. The van der Waals surface area contributed by atoms with Crippen LogP contribution in [0.5, 0.6) is 0 Å². The second kappa shape index (κ2) is 4.20. The minimum absolute atomic E-state index is 0.288. The molecule has 1 rings (SSSR count). The molecule has 0 aliphatic heterocycles. The van der Waals surface area contributed by atoms with Crippen molar-refractivity contribution >= 4 is 21.6 Å². The number of anilines is 1. The lowest BCUT2D eigenvalue weighted by atomic mass is 10.5. The van der Waals surface area contributed by atoms with Crippen molar-refractivity contribution in [1.29, 1.82) is 0 Å². The van der Waals surface area contributed by atoms with Gasteiger partial charge in [0.25, 0.3) is 0 Å². The minimum atomic E-state index is -3.33. The highest BCUT2D eigenvalue weighted by atomic mass is 32.2. The average molecular weight is 218 g/mol. The Balaban J connectivity index is 2.38. The summed E-state index contributed by atoms with van der Waals surface area (Å²) in [7, 11) is -3.33. The van der Waals surface area contributed by atoms with Gasteiger partial charge in [-0.2, -0.15) is 5.10 Å². The molecule has 0 unspecified atom stereocenters. The Morgan fingerprint density at radius 3 is 2.86 bits per heavy atom. The van der Waals surface area contributed by atoms with Crippen molar-refractivity contribution in [2.24, 2.45) is 0 Å². The van der Waals surface area contributed by atoms with Gasteiger partial charge in [0, 0.05) is 6.20 Å². The van der Waals surface area contributed by atoms with Crippen molar-refractivity contribution in [3.8, 4) is 0 Å². The number of carbonyl (C=O) groups excluding carboxylic acids is 1. The zero-order chi connectivity index (χ0) is 10.6. The van der Waals surface area contributed by atoms with Crippen LogP contribution in [-0.2, 0) is 14.8 Å². The lowest BCUT2D eigenvalue weighted by Crippen LogP contribution is -2.31. The normalized spacial score (nSPS) is 11.2. The highest BCUT2D eigenvalue weighted by Gasteiger charge is 2.06. The van der Waals surface area contributed by atoms with Crippen LogP contribution in [0, 0.1) is 0 Å². The fourth-order valence-corrected chi connectivity index (χ4v) is 1.11. The lowest BCUT2D eigenvalue weighted by Gasteiger charge is -2.02. The van der Waals surface area contributed by atoms with Crippen LogP contribution in [0.3, 0.4) is 0 Å². The van der Waals surface area contributed by atoms with Crippen molar-refractivity contribution in [3.63, 3.8) is 0 Å². The van der Waals surface area contributed by atoms with Crippen LogP contribution in [0.1, 0.15) is 0 Å². The number of sulfonamides is 1. The van der Waals surface area contributed by atoms with Crippen molar-refractivity contribution in [1.82, 2.24) is 14.9 Å². The maximum atomic E-state index is 11.1. The number of hydrogen-bond donors (Lipinski definition) is 3. The lowest BCUT2D eigenvalue weighted by molar-refractivity contribution is -0.115. The number of nitrogens with one attached hydrogen (secondary N) is 3. The summed E-state index contributed by atoms with van der Waals surface area (Å²) in [6, 6.07) is 0. The highest BCUT2D eigenvalue weighted by molar-refractivity contribution is 7.88. The molecule has 0 saturated carbocycles. The highest BCUT2D eigenvalue weighted by Crippen LogP contribution is 1.99. The first-order chi connectivity index (χ1) is 6.47. The summed E-state index contributed by atoms with van der Waals surface area (Å²) < 4.78 is 23.3. The van der Waals surface area contributed by atoms with Crippen molar-refractivity contribution in [3.05, 3.63) is 12.4 Å². The number of H-pyrrole nitrogens is 1. The Morgan fingerprint density at radius 1 is 1.64 bits per heavy atom. The predicted molar refractivity (Wildman–Crippen MR) is 50.1 cm³/mol. The minimum Gasteiger partial charge on any atom is -0.322 e. The summed E-state index contributed by atoms with van der Waals surface area (Å²) in [5.41, 5.74) is 0.491. The summed E-state index contributed by atoms with van der Waals surface area (Å²) in [5.74, 6) is -0.447. The SMILES string of the molecule is CS(=O)(=O)NCC(=O)Nc1cn[nH]c1. The van der Waals surface area contributed by atoms with Crippen LogP contribution in [0.25, 0.3) is 0 Å². The van der Waals surface area contributed by atoms with Gasteiger partial charge in [0.05, 0.1) is 24.7 Å². The largest absolute Gasteiger partial charge is 0.322 e. The molecule has 1 heterocycles. The van der Waals surface area contributed by atoms with Gasteiger partial charge in [-0.1, -0.05) is 0 Å². The first-order valence-corrected chi connectivity index (χ1v) is 5.60. The summed E-state index contributed by atoms with van der Waals surface area (Å²) in [4.78, 5) is 11.1. The smallest absolute Gasteiger partial charge is 0.239 e. The molecule has 0 saturated heterocycles. The standard InChI is InChI=1S/C6H10N4O3S/c1-14(12,13)9-4-6(11)10-5-2-7-8-3-5/h2-3,9H,4H2,1H3,(H,7,8)(H,10,11). The van der Waals surface area contributed by atoms with Crippen molar-refractivity contribution in [2.45, 2.75) is 0 Å². The molecule has 78 valence electrons. The second-order valence-corrected chi connectivity index (χ2v) is 4.46. The van der Waals surface area contributed by atoms with E-state index in [-0.39, 0.29) is 6.54 Å². The monoisotopic (exact) mass is 218 g/mol. The Morgan fingerprint density at radius 2 is 2.36 bits per heavy atom. The van der Waals surface area contributed by atoms with Crippen LogP contribution in [0.4, 0.5) is 5.69 Å². The fourth-order valence-electron chi connectivity index (χ4n) is 0.721.